The van der Waals surface area contributed by atoms with E-state index in [9.17, 15) is 5.02 Å². The molecule has 0 radical (unpaired) electrons. The van der Waals surface area contributed by atoms with Gasteiger partial charge in [-0.25, -0.2) is 5.48 Å². The van der Waals surface area contributed by atoms with Gasteiger partial charge in [-0.1, -0.05) is 30.3 Å². The highest BCUT2D eigenvalue weighted by atomic mass is 16.7. The lowest BCUT2D eigenvalue weighted by Crippen LogP contribution is -2.37. The molecule has 1 rings (SSSR count). The van der Waals surface area contributed by atoms with Crippen LogP contribution >= 0.6 is 0 Å². The van der Waals surface area contributed by atoms with E-state index in [1.54, 1.807) is 19.2 Å². The van der Waals surface area contributed by atoms with Crippen LogP contribution in [-0.2, 0) is 4.76 Å². The minimum Gasteiger partial charge on any atom is -0.422 e. The van der Waals surface area contributed by atoms with Crippen molar-refractivity contribution in [2.24, 2.45) is 0 Å². The first kappa shape index (κ1) is 8.26. The van der Waals surface area contributed by atoms with Crippen molar-refractivity contribution in [3.8, 4) is 0 Å². The minimum absolute atomic E-state index is 0.738. The van der Waals surface area contributed by atoms with E-state index in [-0.39, 0.29) is 0 Å². The zero-order valence-electron chi connectivity index (χ0n) is 6.32. The number of hydrogen-bond acceptors (Lipinski definition) is 3. The molecule has 0 amide bonds. The molecule has 0 aliphatic heterocycles. The average molecular weight is 151 g/mol. The van der Waals surface area contributed by atoms with E-state index in [1.165, 1.54) is 0 Å². The molecular formula is C7H10BNO2. The summed E-state index contributed by atoms with van der Waals surface area (Å²) in [6.07, 6.45) is 0. The van der Waals surface area contributed by atoms with E-state index in [4.69, 9.17) is 4.76 Å². The molecule has 0 saturated heterocycles. The molecule has 0 saturated carbocycles. The first-order valence-electron chi connectivity index (χ1n) is 3.40. The minimum atomic E-state index is -0.888. The summed E-state index contributed by atoms with van der Waals surface area (Å²) in [5.41, 5.74) is 3.15. The summed E-state index contributed by atoms with van der Waals surface area (Å²) in [5, 5.41) is 9.24. The highest BCUT2D eigenvalue weighted by Gasteiger charge is 2.14. The second-order valence-electron chi connectivity index (χ2n) is 2.09. The Balaban J connectivity index is 2.61. The number of hydroxylamine groups is 1. The molecule has 0 aliphatic rings. The monoisotopic (exact) mass is 151 g/mol. The smallest absolute Gasteiger partial charge is 0.422 e. The van der Waals surface area contributed by atoms with Crippen LogP contribution in [0.4, 0.5) is 0 Å². The van der Waals surface area contributed by atoms with Crippen LogP contribution in [-0.4, -0.2) is 19.2 Å². The van der Waals surface area contributed by atoms with Crippen LogP contribution in [0, 0.1) is 0 Å². The fourth-order valence-electron chi connectivity index (χ4n) is 0.797. The molecular weight excluding hydrogens is 141 g/mol. The van der Waals surface area contributed by atoms with E-state index >= 15 is 0 Å². The number of nitrogens with one attached hydrogen (secondary N) is 1. The lowest BCUT2D eigenvalue weighted by Gasteiger charge is -2.04. The predicted octanol–water partition coefficient (Wildman–Crippen LogP) is -0.475. The first-order chi connectivity index (χ1) is 5.34. The van der Waals surface area contributed by atoms with Gasteiger partial charge in [0.05, 0.1) is 0 Å². The third kappa shape index (κ3) is 2.34. The molecule has 0 fully saturated rings. The molecule has 1 aromatic carbocycles. The average Bonchev–Trinajstić information content (AvgIpc) is 2.07. The predicted molar refractivity (Wildman–Crippen MR) is 44.2 cm³/mol. The highest BCUT2D eigenvalue weighted by Crippen LogP contribution is 1.85. The van der Waals surface area contributed by atoms with Crippen molar-refractivity contribution in [3.63, 3.8) is 0 Å². The second kappa shape index (κ2) is 4.13. The quantitative estimate of drug-likeness (QED) is 0.453. The number of benzene rings is 1. The van der Waals surface area contributed by atoms with Gasteiger partial charge in [0, 0.05) is 7.05 Å². The molecule has 0 bridgehead atoms. The SMILES string of the molecule is CNOB(O)c1ccccc1. The Bertz CT molecular complexity index is 205. The largest absolute Gasteiger partial charge is 0.508 e. The molecule has 2 N–H and O–H groups in total. The van der Waals surface area contributed by atoms with Gasteiger partial charge in [0.15, 0.2) is 0 Å². The van der Waals surface area contributed by atoms with Crippen LogP contribution in [0.2, 0.25) is 0 Å². The molecule has 3 nitrogen and oxygen atoms in total. The highest BCUT2D eigenvalue weighted by molar-refractivity contribution is 6.59. The van der Waals surface area contributed by atoms with Gasteiger partial charge in [-0.2, -0.15) is 0 Å². The van der Waals surface area contributed by atoms with E-state index < -0.39 is 7.12 Å². The van der Waals surface area contributed by atoms with Crippen LogP contribution in [0.1, 0.15) is 0 Å². The Morgan fingerprint density at radius 1 is 1.36 bits per heavy atom. The summed E-state index contributed by atoms with van der Waals surface area (Å²) in [7, 11) is 0.716. The normalized spacial score (nSPS) is 9.64. The van der Waals surface area contributed by atoms with Crippen molar-refractivity contribution in [2.45, 2.75) is 0 Å². The maximum Gasteiger partial charge on any atom is 0.508 e. The Morgan fingerprint density at radius 2 is 2.00 bits per heavy atom. The van der Waals surface area contributed by atoms with Gasteiger partial charge < -0.3 is 9.78 Å². The third-order valence-electron chi connectivity index (χ3n) is 1.31. The van der Waals surface area contributed by atoms with Crippen molar-refractivity contribution in [1.29, 1.82) is 0 Å². The van der Waals surface area contributed by atoms with Crippen LogP contribution in [0.25, 0.3) is 0 Å². The molecule has 11 heavy (non-hydrogen) atoms. The van der Waals surface area contributed by atoms with E-state index in [0.29, 0.717) is 0 Å². The summed E-state index contributed by atoms with van der Waals surface area (Å²) in [4.78, 5) is 0. The van der Waals surface area contributed by atoms with Crippen molar-refractivity contribution in [2.75, 3.05) is 7.05 Å². The van der Waals surface area contributed by atoms with E-state index in [1.807, 2.05) is 18.2 Å². The summed E-state index contributed by atoms with van der Waals surface area (Å²) in [6, 6.07) is 9.16. The standard InChI is InChI=1S/C7H10BNO2/c1-9-11-8(10)7-5-3-2-4-6-7/h2-6,9-10H,1H3. The van der Waals surface area contributed by atoms with Gasteiger partial charge in [-0.3, -0.25) is 0 Å². The maximum absolute atomic E-state index is 9.24. The number of hydrogen-bond donors (Lipinski definition) is 2. The van der Waals surface area contributed by atoms with Gasteiger partial charge in [-0.15, -0.1) is 0 Å². The Labute approximate surface area is 66.1 Å². The summed E-state index contributed by atoms with van der Waals surface area (Å²) < 4.78 is 4.73. The van der Waals surface area contributed by atoms with Gasteiger partial charge in [0.2, 0.25) is 0 Å². The molecule has 4 heteroatoms. The van der Waals surface area contributed by atoms with Crippen molar-refractivity contribution < 1.29 is 9.78 Å². The fourth-order valence-corrected chi connectivity index (χ4v) is 0.797. The van der Waals surface area contributed by atoms with Crippen LogP contribution in [0.3, 0.4) is 0 Å². The van der Waals surface area contributed by atoms with Gasteiger partial charge in [0.1, 0.15) is 0 Å². The van der Waals surface area contributed by atoms with Crippen molar-refractivity contribution in [1.82, 2.24) is 5.48 Å². The Hall–Kier alpha value is -0.835. The summed E-state index contributed by atoms with van der Waals surface area (Å²) in [5.74, 6) is 0. The van der Waals surface area contributed by atoms with E-state index in [2.05, 4.69) is 5.48 Å². The summed E-state index contributed by atoms with van der Waals surface area (Å²) in [6.45, 7) is 0. The zero-order valence-corrected chi connectivity index (χ0v) is 6.32. The van der Waals surface area contributed by atoms with Gasteiger partial charge >= 0.3 is 7.12 Å². The lowest BCUT2D eigenvalue weighted by molar-refractivity contribution is 0.189. The van der Waals surface area contributed by atoms with E-state index in [0.717, 1.165) is 5.46 Å². The first-order valence-corrected chi connectivity index (χ1v) is 3.40. The summed E-state index contributed by atoms with van der Waals surface area (Å²) >= 11 is 0. The van der Waals surface area contributed by atoms with Crippen LogP contribution in [0.15, 0.2) is 30.3 Å². The Morgan fingerprint density at radius 3 is 2.55 bits per heavy atom. The Kier molecular flexibility index (Phi) is 3.10. The molecule has 1 aromatic rings. The third-order valence-corrected chi connectivity index (χ3v) is 1.31. The maximum atomic E-state index is 9.24. The molecule has 0 spiro atoms. The van der Waals surface area contributed by atoms with Gasteiger partial charge in [-0.05, 0) is 5.46 Å². The molecule has 0 atom stereocenters. The molecule has 58 valence electrons. The zero-order chi connectivity index (χ0) is 8.10. The van der Waals surface area contributed by atoms with Crippen molar-refractivity contribution in [3.05, 3.63) is 30.3 Å². The molecule has 0 aliphatic carbocycles. The molecule has 0 unspecified atom stereocenters. The molecule has 0 heterocycles. The lowest BCUT2D eigenvalue weighted by atomic mass is 9.80. The van der Waals surface area contributed by atoms with Crippen LogP contribution in [0.5, 0.6) is 0 Å². The fraction of sp³-hybridized carbons (Fsp3) is 0.143. The van der Waals surface area contributed by atoms with Crippen molar-refractivity contribution >= 4 is 12.6 Å². The topological polar surface area (TPSA) is 41.5 Å². The number of rotatable bonds is 3. The van der Waals surface area contributed by atoms with Crippen LogP contribution < -0.4 is 10.9 Å². The second-order valence-corrected chi connectivity index (χ2v) is 2.09. The molecule has 0 aromatic heterocycles. The van der Waals surface area contributed by atoms with Gasteiger partial charge in [0.25, 0.3) is 0 Å².